The van der Waals surface area contributed by atoms with Crippen LogP contribution in [-0.4, -0.2) is 33.3 Å². The van der Waals surface area contributed by atoms with E-state index in [1.165, 1.54) is 0 Å². The van der Waals surface area contributed by atoms with Gasteiger partial charge >= 0.3 is 7.12 Å². The van der Waals surface area contributed by atoms with Crippen molar-refractivity contribution in [2.75, 3.05) is 0 Å². The number of rotatable bonds is 1. The Labute approximate surface area is 106 Å². The molecule has 0 bridgehead atoms. The molecule has 6 heteroatoms. The van der Waals surface area contributed by atoms with Crippen molar-refractivity contribution in [2.45, 2.75) is 38.9 Å². The van der Waals surface area contributed by atoms with Crippen LogP contribution in [0.4, 0.5) is 0 Å². The summed E-state index contributed by atoms with van der Waals surface area (Å²) < 4.78 is 12.1. The molecule has 18 heavy (non-hydrogen) atoms. The Balaban J connectivity index is 2.05. The SMILES string of the molecule is CC1(C)OB(c2ccnc3nc[nH]c23)OC1(C)C. The zero-order valence-electron chi connectivity index (χ0n) is 11.0. The molecule has 0 aromatic carbocycles. The molecule has 0 atom stereocenters. The van der Waals surface area contributed by atoms with E-state index in [1.807, 2.05) is 33.8 Å². The van der Waals surface area contributed by atoms with Gasteiger partial charge in [-0.25, -0.2) is 9.97 Å². The van der Waals surface area contributed by atoms with E-state index >= 15 is 0 Å². The molecule has 1 aliphatic heterocycles. The summed E-state index contributed by atoms with van der Waals surface area (Å²) in [7, 11) is -0.388. The van der Waals surface area contributed by atoms with Crippen LogP contribution in [-0.2, 0) is 9.31 Å². The number of nitrogens with one attached hydrogen (secondary N) is 1. The van der Waals surface area contributed by atoms with Crippen molar-refractivity contribution < 1.29 is 9.31 Å². The number of hydrogen-bond acceptors (Lipinski definition) is 4. The maximum Gasteiger partial charge on any atom is 0.497 e. The average molecular weight is 245 g/mol. The molecular formula is C12H16BN3O2. The molecule has 0 unspecified atom stereocenters. The topological polar surface area (TPSA) is 60.0 Å². The zero-order chi connectivity index (χ0) is 13.0. The number of nitrogens with zero attached hydrogens (tertiary/aromatic N) is 2. The number of aromatic nitrogens is 3. The summed E-state index contributed by atoms with van der Waals surface area (Å²) in [6.07, 6.45) is 3.36. The highest BCUT2D eigenvalue weighted by molar-refractivity contribution is 6.64. The Morgan fingerprint density at radius 2 is 1.78 bits per heavy atom. The third-order valence-electron chi connectivity index (χ3n) is 3.87. The predicted octanol–water partition coefficient (Wildman–Crippen LogP) is 1.26. The third-order valence-corrected chi connectivity index (χ3v) is 3.87. The van der Waals surface area contributed by atoms with Gasteiger partial charge in [0.05, 0.1) is 23.0 Å². The first-order chi connectivity index (χ1) is 8.41. The Kier molecular flexibility index (Phi) is 2.31. The number of imidazole rings is 1. The lowest BCUT2D eigenvalue weighted by Gasteiger charge is -2.32. The van der Waals surface area contributed by atoms with E-state index in [0.29, 0.717) is 5.65 Å². The van der Waals surface area contributed by atoms with Crippen LogP contribution in [0.15, 0.2) is 18.6 Å². The van der Waals surface area contributed by atoms with Crippen LogP contribution in [0.2, 0.25) is 0 Å². The highest BCUT2D eigenvalue weighted by atomic mass is 16.7. The first kappa shape index (κ1) is 11.7. The van der Waals surface area contributed by atoms with Crippen molar-refractivity contribution in [2.24, 2.45) is 0 Å². The smallest absolute Gasteiger partial charge is 0.399 e. The molecule has 0 radical (unpaired) electrons. The standard InChI is InChI=1S/C12H16BN3O2/c1-11(2)12(3,4)18-13(17-11)8-5-6-14-10-9(8)15-7-16-10/h5-7H,1-4H3,(H,14,15,16). The Hall–Kier alpha value is -1.40. The minimum atomic E-state index is -0.388. The van der Waals surface area contributed by atoms with Crippen LogP contribution in [0.1, 0.15) is 27.7 Å². The highest BCUT2D eigenvalue weighted by Crippen LogP contribution is 2.36. The molecule has 2 aromatic heterocycles. The van der Waals surface area contributed by atoms with Crippen molar-refractivity contribution in [3.05, 3.63) is 18.6 Å². The van der Waals surface area contributed by atoms with Gasteiger partial charge < -0.3 is 14.3 Å². The van der Waals surface area contributed by atoms with E-state index < -0.39 is 0 Å². The van der Waals surface area contributed by atoms with Gasteiger partial charge in [-0.2, -0.15) is 0 Å². The molecule has 3 heterocycles. The molecule has 0 spiro atoms. The monoisotopic (exact) mass is 245 g/mol. The molecule has 1 aliphatic rings. The summed E-state index contributed by atoms with van der Waals surface area (Å²) in [5, 5.41) is 0. The molecule has 1 saturated heterocycles. The second-order valence-electron chi connectivity index (χ2n) is 5.59. The molecule has 0 aliphatic carbocycles. The van der Waals surface area contributed by atoms with Crippen LogP contribution in [0.25, 0.3) is 11.2 Å². The molecule has 0 amide bonds. The zero-order valence-corrected chi connectivity index (χ0v) is 11.0. The fourth-order valence-electron chi connectivity index (χ4n) is 2.04. The van der Waals surface area contributed by atoms with Gasteiger partial charge in [0.2, 0.25) is 0 Å². The molecular weight excluding hydrogens is 229 g/mol. The normalized spacial score (nSPS) is 21.7. The highest BCUT2D eigenvalue weighted by Gasteiger charge is 2.52. The number of pyridine rings is 1. The number of H-pyrrole nitrogens is 1. The lowest BCUT2D eigenvalue weighted by atomic mass is 9.79. The van der Waals surface area contributed by atoms with Gasteiger partial charge in [0.25, 0.3) is 0 Å². The van der Waals surface area contributed by atoms with E-state index in [9.17, 15) is 0 Å². The van der Waals surface area contributed by atoms with Crippen molar-refractivity contribution in [3.8, 4) is 0 Å². The van der Waals surface area contributed by atoms with Crippen molar-refractivity contribution >= 4 is 23.7 Å². The van der Waals surface area contributed by atoms with E-state index in [0.717, 1.165) is 11.0 Å². The Morgan fingerprint density at radius 3 is 2.44 bits per heavy atom. The Bertz CT molecular complexity index is 578. The number of hydrogen-bond donors (Lipinski definition) is 1. The summed E-state index contributed by atoms with van der Waals surface area (Å²) >= 11 is 0. The van der Waals surface area contributed by atoms with Gasteiger partial charge in [0.1, 0.15) is 0 Å². The van der Waals surface area contributed by atoms with Gasteiger partial charge in [0, 0.05) is 11.7 Å². The molecule has 3 rings (SSSR count). The van der Waals surface area contributed by atoms with Gasteiger partial charge in [-0.05, 0) is 33.8 Å². The van der Waals surface area contributed by atoms with Crippen LogP contribution in [0.5, 0.6) is 0 Å². The molecule has 94 valence electrons. The fraction of sp³-hybridized carbons (Fsp3) is 0.500. The largest absolute Gasteiger partial charge is 0.497 e. The summed E-state index contributed by atoms with van der Waals surface area (Å²) in [5.74, 6) is 0. The van der Waals surface area contributed by atoms with Gasteiger partial charge in [-0.1, -0.05) is 0 Å². The maximum absolute atomic E-state index is 6.03. The molecule has 1 N–H and O–H groups in total. The molecule has 5 nitrogen and oxygen atoms in total. The van der Waals surface area contributed by atoms with Crippen LogP contribution in [0, 0.1) is 0 Å². The van der Waals surface area contributed by atoms with E-state index in [2.05, 4.69) is 15.0 Å². The van der Waals surface area contributed by atoms with E-state index in [4.69, 9.17) is 9.31 Å². The molecule has 1 fully saturated rings. The van der Waals surface area contributed by atoms with Crippen molar-refractivity contribution in [1.29, 1.82) is 0 Å². The molecule has 0 saturated carbocycles. The predicted molar refractivity (Wildman–Crippen MR) is 69.6 cm³/mol. The summed E-state index contributed by atoms with van der Waals surface area (Å²) in [4.78, 5) is 11.4. The summed E-state index contributed by atoms with van der Waals surface area (Å²) in [6.45, 7) is 8.16. The number of aromatic amines is 1. The van der Waals surface area contributed by atoms with Crippen molar-refractivity contribution in [1.82, 2.24) is 15.0 Å². The lowest BCUT2D eigenvalue weighted by Crippen LogP contribution is -2.41. The summed E-state index contributed by atoms with van der Waals surface area (Å²) in [5.41, 5.74) is 1.81. The van der Waals surface area contributed by atoms with Gasteiger partial charge in [-0.15, -0.1) is 0 Å². The molecule has 2 aromatic rings. The minimum absolute atomic E-state index is 0.340. The second kappa shape index (κ2) is 3.55. The first-order valence-electron chi connectivity index (χ1n) is 6.04. The lowest BCUT2D eigenvalue weighted by molar-refractivity contribution is 0.00578. The first-order valence-corrected chi connectivity index (χ1v) is 6.04. The maximum atomic E-state index is 6.03. The average Bonchev–Trinajstić information content (AvgIpc) is 2.81. The number of fused-ring (bicyclic) bond motifs is 1. The van der Waals surface area contributed by atoms with Crippen molar-refractivity contribution in [3.63, 3.8) is 0 Å². The second-order valence-corrected chi connectivity index (χ2v) is 5.59. The third kappa shape index (κ3) is 1.56. The van der Waals surface area contributed by atoms with Gasteiger partial charge in [0.15, 0.2) is 5.65 Å². The van der Waals surface area contributed by atoms with Crippen LogP contribution < -0.4 is 5.46 Å². The van der Waals surface area contributed by atoms with E-state index in [1.54, 1.807) is 12.5 Å². The quantitative estimate of drug-likeness (QED) is 0.768. The Morgan fingerprint density at radius 1 is 1.11 bits per heavy atom. The van der Waals surface area contributed by atoms with Crippen LogP contribution in [0.3, 0.4) is 0 Å². The van der Waals surface area contributed by atoms with Gasteiger partial charge in [-0.3, -0.25) is 0 Å². The fourth-order valence-corrected chi connectivity index (χ4v) is 2.04. The summed E-state index contributed by atoms with van der Waals surface area (Å²) in [6, 6.07) is 1.91. The van der Waals surface area contributed by atoms with Crippen LogP contribution >= 0.6 is 0 Å². The minimum Gasteiger partial charge on any atom is -0.399 e. The van der Waals surface area contributed by atoms with E-state index in [-0.39, 0.29) is 18.3 Å².